The van der Waals surface area contributed by atoms with Crippen LogP contribution in [0.2, 0.25) is 0 Å². The number of aliphatic carboxylic acids is 1. The van der Waals surface area contributed by atoms with E-state index in [0.717, 1.165) is 18.9 Å². The van der Waals surface area contributed by atoms with Gasteiger partial charge in [-0.2, -0.15) is 0 Å². The van der Waals surface area contributed by atoms with E-state index >= 15 is 0 Å². The van der Waals surface area contributed by atoms with Crippen molar-refractivity contribution < 1.29 is 9.90 Å². The molecule has 1 aromatic heterocycles. The van der Waals surface area contributed by atoms with Gasteiger partial charge in [0, 0.05) is 25.7 Å². The van der Waals surface area contributed by atoms with Crippen LogP contribution >= 0.6 is 0 Å². The Kier molecular flexibility index (Phi) is 4.33. The summed E-state index contributed by atoms with van der Waals surface area (Å²) in [4.78, 5) is 21.0. The van der Waals surface area contributed by atoms with Crippen LogP contribution in [0.15, 0.2) is 12.4 Å². The zero-order chi connectivity index (χ0) is 12.8. The van der Waals surface area contributed by atoms with Crippen molar-refractivity contribution in [3.63, 3.8) is 0 Å². The fourth-order valence-corrected chi connectivity index (χ4v) is 2.04. The number of nitrogens with zero attached hydrogens (tertiary/aromatic N) is 3. The fourth-order valence-electron chi connectivity index (χ4n) is 2.04. The number of piperidine rings is 1. The summed E-state index contributed by atoms with van der Waals surface area (Å²) < 4.78 is 0. The molecule has 0 amide bonds. The number of hydrogen-bond donors (Lipinski definition) is 2. The Labute approximate surface area is 106 Å². The Morgan fingerprint density at radius 3 is 2.83 bits per heavy atom. The lowest BCUT2D eigenvalue weighted by molar-refractivity contribution is -0.136. The molecule has 0 spiro atoms. The first-order valence-corrected chi connectivity index (χ1v) is 6.28. The summed E-state index contributed by atoms with van der Waals surface area (Å²) in [6, 6.07) is 1.88. The third kappa shape index (κ3) is 3.58. The molecular formula is C12H18N4O2. The standard InChI is InChI=1S/C12H18N4O2/c17-12(18)4-5-13-10-8-11(15-9-14-10)16-6-2-1-3-7-16/h8-9H,1-7H2,(H,17,18)(H,13,14,15). The molecule has 0 aromatic carbocycles. The molecule has 1 fully saturated rings. The zero-order valence-electron chi connectivity index (χ0n) is 10.3. The normalized spacial score (nSPS) is 15.4. The van der Waals surface area contributed by atoms with Crippen molar-refractivity contribution in [3.05, 3.63) is 12.4 Å². The Balaban J connectivity index is 1.93. The van der Waals surface area contributed by atoms with Crippen LogP contribution in [0.4, 0.5) is 11.6 Å². The molecule has 0 bridgehead atoms. The average Bonchev–Trinajstić information content (AvgIpc) is 2.40. The summed E-state index contributed by atoms with van der Waals surface area (Å²) in [5.41, 5.74) is 0. The van der Waals surface area contributed by atoms with E-state index in [1.54, 1.807) is 0 Å². The largest absolute Gasteiger partial charge is 0.481 e. The topological polar surface area (TPSA) is 78.4 Å². The Morgan fingerprint density at radius 2 is 2.11 bits per heavy atom. The number of aromatic nitrogens is 2. The molecule has 18 heavy (non-hydrogen) atoms. The molecule has 0 atom stereocenters. The third-order valence-electron chi connectivity index (χ3n) is 2.98. The number of nitrogens with one attached hydrogen (secondary N) is 1. The second-order valence-corrected chi connectivity index (χ2v) is 4.38. The van der Waals surface area contributed by atoms with Crippen LogP contribution < -0.4 is 10.2 Å². The number of carbonyl (C=O) groups is 1. The lowest BCUT2D eigenvalue weighted by atomic mass is 10.1. The Morgan fingerprint density at radius 1 is 1.33 bits per heavy atom. The molecule has 1 saturated heterocycles. The van der Waals surface area contributed by atoms with Gasteiger partial charge in [-0.1, -0.05) is 0 Å². The number of rotatable bonds is 5. The first-order chi connectivity index (χ1) is 8.75. The smallest absolute Gasteiger partial charge is 0.305 e. The highest BCUT2D eigenvalue weighted by molar-refractivity contribution is 5.67. The van der Waals surface area contributed by atoms with Crippen molar-refractivity contribution in [2.24, 2.45) is 0 Å². The molecule has 98 valence electrons. The van der Waals surface area contributed by atoms with Gasteiger partial charge >= 0.3 is 5.97 Å². The molecule has 6 nitrogen and oxygen atoms in total. The maximum Gasteiger partial charge on any atom is 0.305 e. The van der Waals surface area contributed by atoms with E-state index in [1.165, 1.54) is 25.6 Å². The van der Waals surface area contributed by atoms with Crippen LogP contribution in [-0.2, 0) is 4.79 Å². The van der Waals surface area contributed by atoms with Gasteiger partial charge in [0.05, 0.1) is 6.42 Å². The summed E-state index contributed by atoms with van der Waals surface area (Å²) in [7, 11) is 0. The molecular weight excluding hydrogens is 232 g/mol. The molecule has 1 aromatic rings. The van der Waals surface area contributed by atoms with E-state index < -0.39 is 5.97 Å². The van der Waals surface area contributed by atoms with E-state index in [-0.39, 0.29) is 6.42 Å². The van der Waals surface area contributed by atoms with Crippen molar-refractivity contribution in [1.29, 1.82) is 0 Å². The van der Waals surface area contributed by atoms with Gasteiger partial charge in [-0.25, -0.2) is 9.97 Å². The maximum atomic E-state index is 10.4. The molecule has 1 aliphatic rings. The molecule has 0 radical (unpaired) electrons. The number of carboxylic acids is 1. The Bertz CT molecular complexity index is 405. The summed E-state index contributed by atoms with van der Waals surface area (Å²) in [5, 5.41) is 11.6. The van der Waals surface area contributed by atoms with E-state index in [4.69, 9.17) is 5.11 Å². The second kappa shape index (κ2) is 6.18. The van der Waals surface area contributed by atoms with E-state index in [9.17, 15) is 4.79 Å². The molecule has 2 N–H and O–H groups in total. The minimum Gasteiger partial charge on any atom is -0.481 e. The van der Waals surface area contributed by atoms with Gasteiger partial charge in [-0.15, -0.1) is 0 Å². The molecule has 6 heteroatoms. The van der Waals surface area contributed by atoms with Crippen molar-refractivity contribution in [2.75, 3.05) is 29.9 Å². The first-order valence-electron chi connectivity index (χ1n) is 6.28. The third-order valence-corrected chi connectivity index (χ3v) is 2.98. The van der Waals surface area contributed by atoms with Gasteiger partial charge in [0.1, 0.15) is 18.0 Å². The number of hydrogen-bond acceptors (Lipinski definition) is 5. The average molecular weight is 250 g/mol. The lowest BCUT2D eigenvalue weighted by Crippen LogP contribution is -2.30. The summed E-state index contributed by atoms with van der Waals surface area (Å²) >= 11 is 0. The van der Waals surface area contributed by atoms with E-state index in [2.05, 4.69) is 20.2 Å². The highest BCUT2D eigenvalue weighted by atomic mass is 16.4. The SMILES string of the molecule is O=C(O)CCNc1cc(N2CCCCC2)ncn1. The summed E-state index contributed by atoms with van der Waals surface area (Å²) in [6.07, 6.45) is 5.29. The molecule has 0 aliphatic carbocycles. The molecule has 1 aliphatic heterocycles. The minimum atomic E-state index is -0.812. The van der Waals surface area contributed by atoms with Crippen LogP contribution in [0, 0.1) is 0 Å². The molecule has 2 heterocycles. The molecule has 0 unspecified atom stereocenters. The highest BCUT2D eigenvalue weighted by Crippen LogP contribution is 2.18. The van der Waals surface area contributed by atoms with Gasteiger partial charge in [0.15, 0.2) is 0 Å². The fraction of sp³-hybridized carbons (Fsp3) is 0.583. The maximum absolute atomic E-state index is 10.4. The first kappa shape index (κ1) is 12.6. The summed E-state index contributed by atoms with van der Waals surface area (Å²) in [6.45, 7) is 2.45. The van der Waals surface area contributed by atoms with Gasteiger partial charge in [-0.05, 0) is 19.3 Å². The van der Waals surface area contributed by atoms with Crippen LogP contribution in [0.3, 0.4) is 0 Å². The van der Waals surface area contributed by atoms with Crippen molar-refractivity contribution in [3.8, 4) is 0 Å². The minimum absolute atomic E-state index is 0.0864. The van der Waals surface area contributed by atoms with Crippen LogP contribution in [0.5, 0.6) is 0 Å². The van der Waals surface area contributed by atoms with Crippen molar-refractivity contribution >= 4 is 17.6 Å². The van der Waals surface area contributed by atoms with Gasteiger partial charge < -0.3 is 15.3 Å². The number of anilines is 2. The zero-order valence-corrected chi connectivity index (χ0v) is 10.3. The second-order valence-electron chi connectivity index (χ2n) is 4.38. The van der Waals surface area contributed by atoms with Gasteiger partial charge in [-0.3, -0.25) is 4.79 Å². The predicted octanol–water partition coefficient (Wildman–Crippen LogP) is 1.35. The summed E-state index contributed by atoms with van der Waals surface area (Å²) in [5.74, 6) is 0.794. The van der Waals surface area contributed by atoms with Crippen LogP contribution in [0.25, 0.3) is 0 Å². The van der Waals surface area contributed by atoms with E-state index in [1.807, 2.05) is 6.07 Å². The quantitative estimate of drug-likeness (QED) is 0.821. The lowest BCUT2D eigenvalue weighted by Gasteiger charge is -2.27. The Hall–Kier alpha value is -1.85. The van der Waals surface area contributed by atoms with Gasteiger partial charge in [0.2, 0.25) is 0 Å². The van der Waals surface area contributed by atoms with Crippen LogP contribution in [-0.4, -0.2) is 40.7 Å². The van der Waals surface area contributed by atoms with Crippen molar-refractivity contribution in [2.45, 2.75) is 25.7 Å². The predicted molar refractivity (Wildman–Crippen MR) is 68.8 cm³/mol. The van der Waals surface area contributed by atoms with Crippen molar-refractivity contribution in [1.82, 2.24) is 9.97 Å². The molecule has 0 saturated carbocycles. The number of carboxylic acid groups (broad SMARTS) is 1. The monoisotopic (exact) mass is 250 g/mol. The highest BCUT2D eigenvalue weighted by Gasteiger charge is 2.12. The van der Waals surface area contributed by atoms with E-state index in [0.29, 0.717) is 12.4 Å². The molecule has 2 rings (SSSR count). The van der Waals surface area contributed by atoms with Gasteiger partial charge in [0.25, 0.3) is 0 Å². The van der Waals surface area contributed by atoms with Crippen LogP contribution in [0.1, 0.15) is 25.7 Å².